The Morgan fingerprint density at radius 1 is 1.05 bits per heavy atom. The first-order valence-electron chi connectivity index (χ1n) is 12.7. The molecule has 0 aliphatic carbocycles. The minimum absolute atomic E-state index is 0.0990. The summed E-state index contributed by atoms with van der Waals surface area (Å²) >= 11 is 1.38. The molecule has 0 spiro atoms. The zero-order chi connectivity index (χ0) is 26.8. The van der Waals surface area contributed by atoms with Crippen LogP contribution in [0.5, 0.6) is 5.75 Å². The normalized spacial score (nSPS) is 17.1. The number of aromatic nitrogens is 1. The standard InChI is InChI=1S/C29H26FN3O5S/c30-21-6-3-20(4-7-21)27-23-16-22(8-5-19(23)9-10-33(27)29(35)25-2-1-13-37-25)38-17-26-31-24(18-39-26)28(34)32-11-14-36-15-12-32/h1-8,13,16,18,27H,9-12,14-15,17H2/t27-/m0/s1. The number of hydrogen-bond donors (Lipinski definition) is 0. The lowest BCUT2D eigenvalue weighted by molar-refractivity contribution is 0.0299. The molecule has 1 saturated heterocycles. The Bertz CT molecular complexity index is 1460. The molecule has 1 fully saturated rings. The second-order valence-electron chi connectivity index (χ2n) is 9.36. The van der Waals surface area contributed by atoms with Gasteiger partial charge < -0.3 is 23.7 Å². The molecule has 200 valence electrons. The molecule has 2 amide bonds. The summed E-state index contributed by atoms with van der Waals surface area (Å²) in [6.45, 7) is 2.89. The number of fused-ring (bicyclic) bond motifs is 1. The van der Waals surface area contributed by atoms with Gasteiger partial charge in [-0.25, -0.2) is 9.37 Å². The van der Waals surface area contributed by atoms with Crippen LogP contribution >= 0.6 is 11.3 Å². The number of amides is 2. The summed E-state index contributed by atoms with van der Waals surface area (Å²) in [7, 11) is 0. The highest BCUT2D eigenvalue weighted by Crippen LogP contribution is 2.38. The third kappa shape index (κ3) is 5.30. The van der Waals surface area contributed by atoms with Crippen LogP contribution in [0.25, 0.3) is 0 Å². The average molecular weight is 548 g/mol. The van der Waals surface area contributed by atoms with Crippen LogP contribution in [0, 0.1) is 5.82 Å². The second-order valence-corrected chi connectivity index (χ2v) is 10.3. The van der Waals surface area contributed by atoms with E-state index in [9.17, 15) is 14.0 Å². The molecule has 2 aliphatic rings. The summed E-state index contributed by atoms with van der Waals surface area (Å²) in [5.74, 6) is 0.198. The fourth-order valence-corrected chi connectivity index (χ4v) is 5.68. The molecule has 0 bridgehead atoms. The molecule has 6 rings (SSSR count). The van der Waals surface area contributed by atoms with Gasteiger partial charge in [0.25, 0.3) is 11.8 Å². The number of morpholine rings is 1. The van der Waals surface area contributed by atoms with Crippen molar-refractivity contribution in [1.29, 1.82) is 0 Å². The number of benzene rings is 2. The first-order chi connectivity index (χ1) is 19.1. The Kier molecular flexibility index (Phi) is 7.12. The Labute approximate surface area is 228 Å². The second kappa shape index (κ2) is 11.0. The SMILES string of the molecule is O=C(c1csc(COc2ccc3c(c2)[C@H](c2ccc(F)cc2)N(C(=O)c2ccco2)CC3)n1)N1CCOCC1. The highest BCUT2D eigenvalue weighted by Gasteiger charge is 2.34. The van der Waals surface area contributed by atoms with Crippen LogP contribution in [0.3, 0.4) is 0 Å². The van der Waals surface area contributed by atoms with E-state index < -0.39 is 6.04 Å². The lowest BCUT2D eigenvalue weighted by atomic mass is 9.87. The van der Waals surface area contributed by atoms with Gasteiger partial charge in [0.15, 0.2) is 5.76 Å². The molecule has 2 aromatic carbocycles. The van der Waals surface area contributed by atoms with Gasteiger partial charge in [-0.05, 0) is 59.5 Å². The van der Waals surface area contributed by atoms with Crippen LogP contribution in [0.4, 0.5) is 4.39 Å². The van der Waals surface area contributed by atoms with Crippen molar-refractivity contribution in [3.05, 3.63) is 105 Å². The molecule has 4 heterocycles. The summed E-state index contributed by atoms with van der Waals surface area (Å²) in [4.78, 5) is 34.1. The smallest absolute Gasteiger partial charge is 0.290 e. The van der Waals surface area contributed by atoms with Crippen LogP contribution in [-0.2, 0) is 17.8 Å². The summed E-state index contributed by atoms with van der Waals surface area (Å²) in [6.07, 6.45) is 2.14. The van der Waals surface area contributed by atoms with Crippen molar-refractivity contribution in [3.63, 3.8) is 0 Å². The van der Waals surface area contributed by atoms with Crippen LogP contribution in [0.2, 0.25) is 0 Å². The molecule has 0 N–H and O–H groups in total. The molecule has 0 saturated carbocycles. The van der Waals surface area contributed by atoms with Gasteiger partial charge in [-0.2, -0.15) is 0 Å². The number of ether oxygens (including phenoxy) is 2. The van der Waals surface area contributed by atoms with Gasteiger partial charge in [0.2, 0.25) is 0 Å². The number of rotatable bonds is 6. The molecule has 0 radical (unpaired) electrons. The van der Waals surface area contributed by atoms with Gasteiger partial charge in [0.05, 0.1) is 25.5 Å². The number of hydrogen-bond acceptors (Lipinski definition) is 7. The van der Waals surface area contributed by atoms with Crippen molar-refractivity contribution < 1.29 is 27.9 Å². The Balaban J connectivity index is 1.23. The zero-order valence-corrected chi connectivity index (χ0v) is 21.9. The van der Waals surface area contributed by atoms with E-state index in [2.05, 4.69) is 4.98 Å². The van der Waals surface area contributed by atoms with E-state index in [-0.39, 0.29) is 30.0 Å². The van der Waals surface area contributed by atoms with E-state index in [0.29, 0.717) is 55.7 Å². The number of nitrogens with zero attached hydrogens (tertiary/aromatic N) is 3. The van der Waals surface area contributed by atoms with Gasteiger partial charge in [-0.3, -0.25) is 9.59 Å². The third-order valence-corrected chi connectivity index (χ3v) is 7.78. The van der Waals surface area contributed by atoms with Crippen LogP contribution in [0.1, 0.15) is 48.8 Å². The highest BCUT2D eigenvalue weighted by atomic mass is 32.1. The number of halogens is 1. The molecule has 0 unspecified atom stereocenters. The van der Waals surface area contributed by atoms with Gasteiger partial charge >= 0.3 is 0 Å². The maximum atomic E-state index is 13.8. The molecule has 4 aromatic rings. The first kappa shape index (κ1) is 25.3. The van der Waals surface area contributed by atoms with Gasteiger partial charge in [-0.15, -0.1) is 11.3 Å². The minimum Gasteiger partial charge on any atom is -0.486 e. The molecular weight excluding hydrogens is 521 g/mol. The van der Waals surface area contributed by atoms with Crippen molar-refractivity contribution in [1.82, 2.24) is 14.8 Å². The lowest BCUT2D eigenvalue weighted by Gasteiger charge is -2.37. The molecular formula is C29H26FN3O5S. The van der Waals surface area contributed by atoms with Gasteiger partial charge in [0.1, 0.15) is 28.9 Å². The minimum atomic E-state index is -0.437. The Morgan fingerprint density at radius 2 is 1.87 bits per heavy atom. The van der Waals surface area contributed by atoms with E-state index in [0.717, 1.165) is 16.7 Å². The average Bonchev–Trinajstić information content (AvgIpc) is 3.69. The summed E-state index contributed by atoms with van der Waals surface area (Å²) in [5.41, 5.74) is 3.20. The van der Waals surface area contributed by atoms with E-state index in [1.165, 1.54) is 29.7 Å². The summed E-state index contributed by atoms with van der Waals surface area (Å²) in [6, 6.07) is 14.9. The molecule has 2 aromatic heterocycles. The fraction of sp³-hybridized carbons (Fsp3) is 0.276. The van der Waals surface area contributed by atoms with Crippen LogP contribution < -0.4 is 4.74 Å². The van der Waals surface area contributed by atoms with Crippen molar-refractivity contribution >= 4 is 23.2 Å². The lowest BCUT2D eigenvalue weighted by Crippen LogP contribution is -2.40. The largest absolute Gasteiger partial charge is 0.486 e. The topological polar surface area (TPSA) is 85.1 Å². The van der Waals surface area contributed by atoms with E-state index in [4.69, 9.17) is 13.9 Å². The van der Waals surface area contributed by atoms with Crippen molar-refractivity contribution in [2.45, 2.75) is 19.1 Å². The number of carbonyl (C=O) groups is 2. The molecule has 39 heavy (non-hydrogen) atoms. The predicted molar refractivity (Wildman–Crippen MR) is 141 cm³/mol. The van der Waals surface area contributed by atoms with Gasteiger partial charge in [0, 0.05) is 25.0 Å². The maximum Gasteiger partial charge on any atom is 0.290 e. The quantitative estimate of drug-likeness (QED) is 0.348. The molecule has 1 atom stereocenters. The van der Waals surface area contributed by atoms with Crippen molar-refractivity contribution in [2.24, 2.45) is 0 Å². The maximum absolute atomic E-state index is 13.8. The first-order valence-corrected chi connectivity index (χ1v) is 13.6. The Hall–Kier alpha value is -4.02. The van der Waals surface area contributed by atoms with E-state index in [1.807, 2.05) is 18.2 Å². The van der Waals surface area contributed by atoms with E-state index >= 15 is 0 Å². The molecule has 8 nitrogen and oxygen atoms in total. The highest BCUT2D eigenvalue weighted by molar-refractivity contribution is 7.09. The number of thiazole rings is 1. The number of carbonyl (C=O) groups excluding carboxylic acids is 2. The molecule has 10 heteroatoms. The molecule has 2 aliphatic heterocycles. The third-order valence-electron chi connectivity index (χ3n) is 6.96. The fourth-order valence-electron chi connectivity index (χ4n) is 5.00. The van der Waals surface area contributed by atoms with Gasteiger partial charge in [-0.1, -0.05) is 18.2 Å². The summed E-state index contributed by atoms with van der Waals surface area (Å²) in [5, 5.41) is 2.44. The Morgan fingerprint density at radius 3 is 2.64 bits per heavy atom. The van der Waals surface area contributed by atoms with Crippen LogP contribution in [-0.4, -0.2) is 59.4 Å². The zero-order valence-electron chi connectivity index (χ0n) is 21.0. The van der Waals surface area contributed by atoms with E-state index in [1.54, 1.807) is 39.4 Å². The predicted octanol–water partition coefficient (Wildman–Crippen LogP) is 4.71. The monoisotopic (exact) mass is 547 g/mol. The van der Waals surface area contributed by atoms with Crippen LogP contribution in [0.15, 0.2) is 70.7 Å². The summed E-state index contributed by atoms with van der Waals surface area (Å²) < 4.78 is 30.6. The van der Waals surface area contributed by atoms with Crippen molar-refractivity contribution in [3.8, 4) is 5.75 Å². The number of furan rings is 1. The van der Waals surface area contributed by atoms with Crippen molar-refractivity contribution in [2.75, 3.05) is 32.8 Å².